The van der Waals surface area contributed by atoms with Gasteiger partial charge in [-0.3, -0.25) is 0 Å². The molecule has 0 aliphatic carbocycles. The predicted octanol–water partition coefficient (Wildman–Crippen LogP) is 4.62. The van der Waals surface area contributed by atoms with Crippen molar-refractivity contribution >= 4 is 49.2 Å². The smallest absolute Gasteiger partial charge is 0.138 e. The van der Waals surface area contributed by atoms with Crippen LogP contribution in [0.4, 0.5) is 17.3 Å². The molecule has 0 fully saturated rings. The van der Waals surface area contributed by atoms with Gasteiger partial charge in [0.15, 0.2) is 0 Å². The Morgan fingerprint density at radius 2 is 1.80 bits per heavy atom. The number of rotatable bonds is 2. The number of nitrogen functional groups attached to an aromatic ring is 1. The number of nitrogens with zero attached hydrogens (tertiary/aromatic N) is 2. The minimum absolute atomic E-state index is 0.150. The molecule has 1 aromatic carbocycles. The minimum Gasteiger partial charge on any atom is -0.384 e. The average molecular weight is 400 g/mol. The van der Waals surface area contributed by atoms with Gasteiger partial charge in [-0.05, 0) is 34.1 Å². The highest BCUT2D eigenvalue weighted by Gasteiger charge is 2.18. The molecule has 0 radical (unpaired) electrons. The number of halogens is 2. The van der Waals surface area contributed by atoms with E-state index in [4.69, 9.17) is 5.73 Å². The van der Waals surface area contributed by atoms with Gasteiger partial charge >= 0.3 is 0 Å². The summed E-state index contributed by atoms with van der Waals surface area (Å²) < 4.78 is 1.95. The monoisotopic (exact) mass is 398 g/mol. The van der Waals surface area contributed by atoms with Gasteiger partial charge < -0.3 is 11.1 Å². The van der Waals surface area contributed by atoms with Crippen molar-refractivity contribution in [3.63, 3.8) is 0 Å². The Hall–Kier alpha value is -1.14. The fourth-order valence-corrected chi connectivity index (χ4v) is 2.74. The molecular formula is C14H16Br2N4. The van der Waals surface area contributed by atoms with Crippen LogP contribution in [0, 0.1) is 0 Å². The van der Waals surface area contributed by atoms with E-state index in [2.05, 4.69) is 67.9 Å². The zero-order valence-electron chi connectivity index (χ0n) is 11.5. The molecule has 0 spiro atoms. The molecule has 0 atom stereocenters. The van der Waals surface area contributed by atoms with Crippen LogP contribution < -0.4 is 11.1 Å². The first-order valence-corrected chi connectivity index (χ1v) is 7.71. The van der Waals surface area contributed by atoms with Gasteiger partial charge in [-0.25, -0.2) is 9.97 Å². The summed E-state index contributed by atoms with van der Waals surface area (Å²) in [4.78, 5) is 8.82. The molecule has 0 unspecified atom stereocenters. The minimum atomic E-state index is -0.150. The molecule has 0 aliphatic rings. The summed E-state index contributed by atoms with van der Waals surface area (Å²) in [6, 6.07) is 7.62. The topological polar surface area (TPSA) is 63.8 Å². The zero-order valence-corrected chi connectivity index (χ0v) is 14.7. The highest BCUT2D eigenvalue weighted by atomic mass is 79.9. The molecule has 20 heavy (non-hydrogen) atoms. The summed E-state index contributed by atoms with van der Waals surface area (Å²) in [5.74, 6) is 1.86. The van der Waals surface area contributed by atoms with Crippen molar-refractivity contribution in [1.29, 1.82) is 0 Å². The quantitative estimate of drug-likeness (QED) is 0.772. The largest absolute Gasteiger partial charge is 0.384 e. The number of nitrogens with two attached hydrogens (primary N) is 1. The molecule has 2 aromatic rings. The molecule has 2 rings (SSSR count). The molecule has 0 saturated carbocycles. The van der Waals surface area contributed by atoms with E-state index < -0.39 is 0 Å². The van der Waals surface area contributed by atoms with E-state index >= 15 is 0 Å². The Labute approximate surface area is 135 Å². The Morgan fingerprint density at radius 1 is 1.10 bits per heavy atom. The summed E-state index contributed by atoms with van der Waals surface area (Å²) in [6.07, 6.45) is 0. The van der Waals surface area contributed by atoms with Gasteiger partial charge in [-0.15, -0.1) is 0 Å². The maximum atomic E-state index is 5.86. The van der Waals surface area contributed by atoms with Crippen LogP contribution in [0.2, 0.25) is 0 Å². The lowest BCUT2D eigenvalue weighted by Gasteiger charge is -2.18. The number of aromatic nitrogens is 2. The fourth-order valence-electron chi connectivity index (χ4n) is 1.59. The normalized spacial score (nSPS) is 11.4. The first kappa shape index (κ1) is 15.3. The van der Waals surface area contributed by atoms with Gasteiger partial charge in [0.1, 0.15) is 17.5 Å². The third-order valence-corrected chi connectivity index (χ3v) is 3.76. The van der Waals surface area contributed by atoms with Crippen molar-refractivity contribution in [2.45, 2.75) is 26.2 Å². The highest BCUT2D eigenvalue weighted by molar-refractivity contribution is 9.11. The van der Waals surface area contributed by atoms with Crippen LogP contribution >= 0.6 is 31.9 Å². The van der Waals surface area contributed by atoms with Crippen LogP contribution in [0.5, 0.6) is 0 Å². The standard InChI is InChI=1S/C14H16Br2N4/c1-14(2,3)13-19-11(17)7-12(20-13)18-10-5-4-8(15)6-9(10)16/h4-7H,1-3H3,(H3,17,18,19,20). The van der Waals surface area contributed by atoms with Crippen molar-refractivity contribution in [1.82, 2.24) is 9.97 Å². The number of anilines is 3. The Kier molecular flexibility index (Phi) is 4.34. The SMILES string of the molecule is CC(C)(C)c1nc(N)cc(Nc2ccc(Br)cc2Br)n1. The molecule has 0 aliphatic heterocycles. The second-order valence-electron chi connectivity index (χ2n) is 5.50. The molecular weight excluding hydrogens is 384 g/mol. The van der Waals surface area contributed by atoms with E-state index in [-0.39, 0.29) is 5.41 Å². The molecule has 1 aromatic heterocycles. The zero-order chi connectivity index (χ0) is 14.9. The van der Waals surface area contributed by atoms with Crippen molar-refractivity contribution in [2.75, 3.05) is 11.1 Å². The average Bonchev–Trinajstić information content (AvgIpc) is 2.31. The first-order chi connectivity index (χ1) is 9.25. The highest BCUT2D eigenvalue weighted by Crippen LogP contribution is 2.29. The third-order valence-electron chi connectivity index (χ3n) is 2.61. The fraction of sp³-hybridized carbons (Fsp3) is 0.286. The van der Waals surface area contributed by atoms with E-state index in [1.54, 1.807) is 6.07 Å². The van der Waals surface area contributed by atoms with Crippen LogP contribution in [-0.2, 0) is 5.41 Å². The van der Waals surface area contributed by atoms with Gasteiger partial charge in [-0.1, -0.05) is 36.7 Å². The summed E-state index contributed by atoms with van der Waals surface area (Å²) in [6.45, 7) is 6.17. The lowest BCUT2D eigenvalue weighted by atomic mass is 9.96. The van der Waals surface area contributed by atoms with Crippen LogP contribution in [0.3, 0.4) is 0 Å². The number of hydrogen-bond donors (Lipinski definition) is 2. The van der Waals surface area contributed by atoms with E-state index in [0.717, 1.165) is 14.6 Å². The Bertz CT molecular complexity index is 636. The van der Waals surface area contributed by atoms with Gasteiger partial charge in [0.2, 0.25) is 0 Å². The molecule has 6 heteroatoms. The molecule has 106 valence electrons. The van der Waals surface area contributed by atoms with Crippen LogP contribution in [0.1, 0.15) is 26.6 Å². The van der Waals surface area contributed by atoms with Gasteiger partial charge in [0, 0.05) is 20.4 Å². The van der Waals surface area contributed by atoms with Crippen LogP contribution in [0.15, 0.2) is 33.2 Å². The summed E-state index contributed by atoms with van der Waals surface area (Å²) in [5.41, 5.74) is 6.63. The molecule has 4 nitrogen and oxygen atoms in total. The van der Waals surface area contributed by atoms with Crippen LogP contribution in [0.25, 0.3) is 0 Å². The summed E-state index contributed by atoms with van der Waals surface area (Å²) >= 11 is 6.94. The molecule has 1 heterocycles. The predicted molar refractivity (Wildman–Crippen MR) is 90.3 cm³/mol. The first-order valence-electron chi connectivity index (χ1n) is 6.13. The molecule has 3 N–H and O–H groups in total. The maximum Gasteiger partial charge on any atom is 0.138 e. The third kappa shape index (κ3) is 3.70. The van der Waals surface area contributed by atoms with Crippen molar-refractivity contribution in [2.24, 2.45) is 0 Å². The van der Waals surface area contributed by atoms with Gasteiger partial charge in [0.25, 0.3) is 0 Å². The van der Waals surface area contributed by atoms with Crippen molar-refractivity contribution in [3.05, 3.63) is 39.0 Å². The Morgan fingerprint density at radius 3 is 2.40 bits per heavy atom. The number of hydrogen-bond acceptors (Lipinski definition) is 4. The lowest BCUT2D eigenvalue weighted by Crippen LogP contribution is -2.17. The molecule has 0 saturated heterocycles. The van der Waals surface area contributed by atoms with E-state index in [1.165, 1.54) is 0 Å². The van der Waals surface area contributed by atoms with Crippen molar-refractivity contribution < 1.29 is 0 Å². The van der Waals surface area contributed by atoms with E-state index in [9.17, 15) is 0 Å². The van der Waals surface area contributed by atoms with E-state index in [0.29, 0.717) is 17.5 Å². The maximum absolute atomic E-state index is 5.86. The van der Waals surface area contributed by atoms with Crippen LogP contribution in [-0.4, -0.2) is 9.97 Å². The molecule has 0 bridgehead atoms. The van der Waals surface area contributed by atoms with Gasteiger partial charge in [-0.2, -0.15) is 0 Å². The second-order valence-corrected chi connectivity index (χ2v) is 7.27. The summed E-state index contributed by atoms with van der Waals surface area (Å²) in [7, 11) is 0. The molecule has 0 amide bonds. The summed E-state index contributed by atoms with van der Waals surface area (Å²) in [5, 5.41) is 3.25. The number of nitrogens with one attached hydrogen (secondary N) is 1. The lowest BCUT2D eigenvalue weighted by molar-refractivity contribution is 0.547. The number of benzene rings is 1. The van der Waals surface area contributed by atoms with Crippen molar-refractivity contribution in [3.8, 4) is 0 Å². The van der Waals surface area contributed by atoms with Gasteiger partial charge in [0.05, 0.1) is 5.69 Å². The second kappa shape index (κ2) is 5.69. The van der Waals surface area contributed by atoms with E-state index in [1.807, 2.05) is 18.2 Å². The Balaban J connectivity index is 2.36.